The van der Waals surface area contributed by atoms with Gasteiger partial charge in [-0.3, -0.25) is 14.9 Å². The average molecular weight is 342 g/mol. The molecule has 0 aliphatic heterocycles. The molecule has 2 rings (SSSR count). The topological polar surface area (TPSA) is 67.4 Å². The van der Waals surface area contributed by atoms with Gasteiger partial charge in [0, 0.05) is 11.3 Å². The van der Waals surface area contributed by atoms with Crippen molar-refractivity contribution in [2.75, 3.05) is 11.9 Å². The van der Waals surface area contributed by atoms with Crippen molar-refractivity contribution in [3.05, 3.63) is 59.7 Å². The number of carbonyl (C=O) groups is 2. The van der Waals surface area contributed by atoms with Crippen LogP contribution >= 0.6 is 12.2 Å². The van der Waals surface area contributed by atoms with Crippen molar-refractivity contribution in [1.29, 1.82) is 0 Å². The summed E-state index contributed by atoms with van der Waals surface area (Å²) in [6.45, 7) is 3.80. The summed E-state index contributed by atoms with van der Waals surface area (Å²) >= 11 is 5.16. The van der Waals surface area contributed by atoms with Crippen LogP contribution in [0.2, 0.25) is 0 Å². The lowest BCUT2D eigenvalue weighted by molar-refractivity contribution is 0.0972. The van der Waals surface area contributed by atoms with Crippen LogP contribution in [-0.2, 0) is 0 Å². The molecule has 5 nitrogen and oxygen atoms in total. The number of hydrogen-bond donors (Lipinski definition) is 2. The number of hydrogen-bond acceptors (Lipinski definition) is 4. The second-order valence-corrected chi connectivity index (χ2v) is 5.38. The molecule has 0 aliphatic rings. The van der Waals surface area contributed by atoms with Crippen molar-refractivity contribution in [1.82, 2.24) is 5.32 Å². The number of thiocarbonyl (C=S) groups is 1. The van der Waals surface area contributed by atoms with E-state index in [1.54, 1.807) is 48.5 Å². The summed E-state index contributed by atoms with van der Waals surface area (Å²) in [6.07, 6.45) is 0. The molecule has 2 N–H and O–H groups in total. The van der Waals surface area contributed by atoms with E-state index < -0.39 is 0 Å². The van der Waals surface area contributed by atoms with Crippen molar-refractivity contribution in [2.45, 2.75) is 13.8 Å². The number of para-hydroxylation sites is 1. The van der Waals surface area contributed by atoms with Crippen LogP contribution in [-0.4, -0.2) is 23.4 Å². The largest absolute Gasteiger partial charge is 0.493 e. The first-order chi connectivity index (χ1) is 11.5. The molecule has 0 spiro atoms. The van der Waals surface area contributed by atoms with Gasteiger partial charge in [-0.05, 0) is 50.3 Å². The van der Waals surface area contributed by atoms with Gasteiger partial charge in [-0.15, -0.1) is 0 Å². The highest BCUT2D eigenvalue weighted by Crippen LogP contribution is 2.18. The number of nitrogens with one attached hydrogen (secondary N) is 2. The zero-order valence-electron chi connectivity index (χ0n) is 13.5. The van der Waals surface area contributed by atoms with Crippen LogP contribution in [0.4, 0.5) is 5.69 Å². The lowest BCUT2D eigenvalue weighted by atomic mass is 10.1. The number of carbonyl (C=O) groups excluding carboxylic acids is 2. The fraction of sp³-hybridized carbons (Fsp3) is 0.167. The minimum absolute atomic E-state index is 0.0424. The highest BCUT2D eigenvalue weighted by Gasteiger charge is 2.13. The molecule has 0 aliphatic carbocycles. The third-order valence-electron chi connectivity index (χ3n) is 3.19. The molecule has 24 heavy (non-hydrogen) atoms. The van der Waals surface area contributed by atoms with E-state index in [0.29, 0.717) is 29.2 Å². The SMILES string of the molecule is CCOc1ccccc1C(=O)NC(=S)Nc1cccc(C(C)=O)c1. The average Bonchev–Trinajstić information content (AvgIpc) is 2.55. The molecule has 0 atom stereocenters. The van der Waals surface area contributed by atoms with Crippen LogP contribution in [0.3, 0.4) is 0 Å². The Kier molecular flexibility index (Phi) is 6.03. The molecular formula is C18H18N2O3S. The van der Waals surface area contributed by atoms with Crippen LogP contribution < -0.4 is 15.4 Å². The number of amides is 1. The van der Waals surface area contributed by atoms with Crippen molar-refractivity contribution < 1.29 is 14.3 Å². The third kappa shape index (κ3) is 4.63. The van der Waals surface area contributed by atoms with Gasteiger partial charge < -0.3 is 10.1 Å². The van der Waals surface area contributed by atoms with E-state index in [1.165, 1.54) is 6.92 Å². The Bertz CT molecular complexity index is 774. The molecule has 0 saturated carbocycles. The zero-order chi connectivity index (χ0) is 17.5. The van der Waals surface area contributed by atoms with E-state index in [4.69, 9.17) is 17.0 Å². The van der Waals surface area contributed by atoms with E-state index in [2.05, 4.69) is 10.6 Å². The molecule has 6 heteroatoms. The summed E-state index contributed by atoms with van der Waals surface area (Å²) in [5.74, 6) is 0.0948. The maximum Gasteiger partial charge on any atom is 0.261 e. The van der Waals surface area contributed by atoms with Crippen molar-refractivity contribution >= 4 is 34.7 Å². The van der Waals surface area contributed by atoms with Gasteiger partial charge in [-0.1, -0.05) is 24.3 Å². The Morgan fingerprint density at radius 3 is 2.58 bits per heavy atom. The molecule has 0 aromatic heterocycles. The Morgan fingerprint density at radius 1 is 1.12 bits per heavy atom. The van der Waals surface area contributed by atoms with E-state index in [0.717, 1.165) is 0 Å². The molecule has 2 aromatic carbocycles. The molecule has 1 amide bonds. The standard InChI is InChI=1S/C18H18N2O3S/c1-3-23-16-10-5-4-9-15(16)17(22)20-18(24)19-14-8-6-7-13(11-14)12(2)21/h4-11H,3H2,1-2H3,(H2,19,20,22,24). The van der Waals surface area contributed by atoms with E-state index in [1.807, 2.05) is 6.92 Å². The number of rotatable bonds is 5. The molecule has 0 saturated heterocycles. The number of Topliss-reactive ketones (excluding diaryl/α,β-unsaturated/α-hetero) is 1. The highest BCUT2D eigenvalue weighted by molar-refractivity contribution is 7.80. The summed E-state index contributed by atoms with van der Waals surface area (Å²) in [4.78, 5) is 23.7. The summed E-state index contributed by atoms with van der Waals surface area (Å²) < 4.78 is 5.44. The summed E-state index contributed by atoms with van der Waals surface area (Å²) in [7, 11) is 0. The Hall–Kier alpha value is -2.73. The molecule has 0 radical (unpaired) electrons. The monoisotopic (exact) mass is 342 g/mol. The van der Waals surface area contributed by atoms with Gasteiger partial charge in [-0.2, -0.15) is 0 Å². The van der Waals surface area contributed by atoms with Crippen LogP contribution in [0.5, 0.6) is 5.75 Å². The Morgan fingerprint density at radius 2 is 1.88 bits per heavy atom. The number of anilines is 1. The molecule has 124 valence electrons. The van der Waals surface area contributed by atoms with Gasteiger partial charge in [0.1, 0.15) is 5.75 Å². The van der Waals surface area contributed by atoms with Gasteiger partial charge >= 0.3 is 0 Å². The van der Waals surface area contributed by atoms with Gasteiger partial charge in [0.15, 0.2) is 10.9 Å². The maximum atomic E-state index is 12.3. The summed E-state index contributed by atoms with van der Waals surface area (Å²) in [6, 6.07) is 13.8. The smallest absolute Gasteiger partial charge is 0.261 e. The fourth-order valence-corrected chi connectivity index (χ4v) is 2.29. The van der Waals surface area contributed by atoms with E-state index in [-0.39, 0.29) is 16.8 Å². The minimum atomic E-state index is -0.362. The fourth-order valence-electron chi connectivity index (χ4n) is 2.08. The first kappa shape index (κ1) is 17.6. The predicted molar refractivity (Wildman–Crippen MR) is 97.7 cm³/mol. The number of ether oxygens (including phenoxy) is 1. The van der Waals surface area contributed by atoms with Gasteiger partial charge in [0.05, 0.1) is 12.2 Å². The van der Waals surface area contributed by atoms with Gasteiger partial charge in [-0.25, -0.2) is 0 Å². The Balaban J connectivity index is 2.06. The lowest BCUT2D eigenvalue weighted by Crippen LogP contribution is -2.34. The minimum Gasteiger partial charge on any atom is -0.493 e. The normalized spacial score (nSPS) is 9.92. The quantitative estimate of drug-likeness (QED) is 0.644. The third-order valence-corrected chi connectivity index (χ3v) is 3.39. The lowest BCUT2D eigenvalue weighted by Gasteiger charge is -2.12. The van der Waals surface area contributed by atoms with Gasteiger partial charge in [0.25, 0.3) is 5.91 Å². The van der Waals surface area contributed by atoms with Crippen LogP contribution in [0.1, 0.15) is 34.6 Å². The molecule has 2 aromatic rings. The molecule has 0 unspecified atom stereocenters. The molecular weight excluding hydrogens is 324 g/mol. The van der Waals surface area contributed by atoms with Crippen LogP contribution in [0.15, 0.2) is 48.5 Å². The molecule has 0 heterocycles. The highest BCUT2D eigenvalue weighted by atomic mass is 32.1. The van der Waals surface area contributed by atoms with Crippen molar-refractivity contribution in [3.63, 3.8) is 0 Å². The zero-order valence-corrected chi connectivity index (χ0v) is 14.3. The second-order valence-electron chi connectivity index (χ2n) is 4.97. The summed E-state index contributed by atoms with van der Waals surface area (Å²) in [5, 5.41) is 5.65. The molecule has 0 fully saturated rings. The second kappa shape index (κ2) is 8.21. The van der Waals surface area contributed by atoms with Crippen LogP contribution in [0, 0.1) is 0 Å². The van der Waals surface area contributed by atoms with Gasteiger partial charge in [0.2, 0.25) is 0 Å². The summed E-state index contributed by atoms with van der Waals surface area (Å²) in [5.41, 5.74) is 1.60. The first-order valence-corrected chi connectivity index (χ1v) is 7.87. The molecule has 0 bridgehead atoms. The number of ketones is 1. The van der Waals surface area contributed by atoms with E-state index in [9.17, 15) is 9.59 Å². The van der Waals surface area contributed by atoms with E-state index >= 15 is 0 Å². The number of benzene rings is 2. The Labute approximate surface area is 146 Å². The predicted octanol–water partition coefficient (Wildman–Crippen LogP) is 3.41. The van der Waals surface area contributed by atoms with Crippen molar-refractivity contribution in [2.24, 2.45) is 0 Å². The van der Waals surface area contributed by atoms with Crippen molar-refractivity contribution in [3.8, 4) is 5.75 Å². The first-order valence-electron chi connectivity index (χ1n) is 7.46. The maximum absolute atomic E-state index is 12.3. The van der Waals surface area contributed by atoms with Crippen LogP contribution in [0.25, 0.3) is 0 Å².